The van der Waals surface area contributed by atoms with Gasteiger partial charge in [0.15, 0.2) is 0 Å². The van der Waals surface area contributed by atoms with E-state index in [0.29, 0.717) is 25.3 Å². The van der Waals surface area contributed by atoms with Crippen molar-refractivity contribution in [3.63, 3.8) is 0 Å². The topological polar surface area (TPSA) is 70.9 Å². The Morgan fingerprint density at radius 3 is 2.86 bits per heavy atom. The third-order valence-corrected chi connectivity index (χ3v) is 5.14. The van der Waals surface area contributed by atoms with Crippen LogP contribution in [0.2, 0.25) is 0 Å². The first kappa shape index (κ1) is 18.3. The molecule has 0 bridgehead atoms. The lowest BCUT2D eigenvalue weighted by molar-refractivity contribution is -0.120. The third kappa shape index (κ3) is 3.65. The fraction of sp³-hybridized carbons (Fsp3) is 0.304. The summed E-state index contributed by atoms with van der Waals surface area (Å²) in [4.78, 5) is 20.2. The molecule has 28 heavy (non-hydrogen) atoms. The first-order valence-electron chi connectivity index (χ1n) is 9.72. The normalized spacial score (nSPS) is 11.6. The summed E-state index contributed by atoms with van der Waals surface area (Å²) in [7, 11) is 0. The van der Waals surface area contributed by atoms with Crippen LogP contribution in [0.4, 0.5) is 0 Å². The Hall–Kier alpha value is -3.08. The van der Waals surface area contributed by atoms with Gasteiger partial charge in [0, 0.05) is 23.9 Å². The standard InChI is InChI=1S/C23H25N3O2/c1-14(2)17-12-18-16(13-28-21(18)10-15(17)3)11-23(27)24-9-8-22-25-19-6-4-5-7-20(19)26-22/h4-7,10,12-14H,8-9,11H2,1-3H3,(H,24,27)(H,25,26). The Labute approximate surface area is 164 Å². The summed E-state index contributed by atoms with van der Waals surface area (Å²) in [6.07, 6.45) is 2.68. The number of fused-ring (bicyclic) bond motifs is 2. The van der Waals surface area contributed by atoms with Crippen LogP contribution in [0.25, 0.3) is 22.0 Å². The van der Waals surface area contributed by atoms with E-state index in [1.165, 1.54) is 11.1 Å². The molecule has 4 aromatic rings. The van der Waals surface area contributed by atoms with E-state index < -0.39 is 0 Å². The van der Waals surface area contributed by atoms with Gasteiger partial charge in [0.1, 0.15) is 11.4 Å². The number of aromatic nitrogens is 2. The number of hydrogen-bond donors (Lipinski definition) is 2. The summed E-state index contributed by atoms with van der Waals surface area (Å²) in [6.45, 7) is 7.00. The highest BCUT2D eigenvalue weighted by Crippen LogP contribution is 2.29. The van der Waals surface area contributed by atoms with Gasteiger partial charge in [-0.25, -0.2) is 4.98 Å². The van der Waals surface area contributed by atoms with Crippen LogP contribution < -0.4 is 5.32 Å². The number of amides is 1. The number of nitrogens with one attached hydrogen (secondary N) is 2. The van der Waals surface area contributed by atoms with Crippen molar-refractivity contribution in [2.24, 2.45) is 0 Å². The maximum atomic E-state index is 12.4. The molecular weight excluding hydrogens is 350 g/mol. The number of aromatic amines is 1. The van der Waals surface area contributed by atoms with Gasteiger partial charge >= 0.3 is 0 Å². The van der Waals surface area contributed by atoms with Crippen molar-refractivity contribution in [3.8, 4) is 0 Å². The van der Waals surface area contributed by atoms with Gasteiger partial charge in [-0.3, -0.25) is 4.79 Å². The van der Waals surface area contributed by atoms with Gasteiger partial charge in [0.2, 0.25) is 5.91 Å². The summed E-state index contributed by atoms with van der Waals surface area (Å²) in [6, 6.07) is 12.2. The van der Waals surface area contributed by atoms with Crippen molar-refractivity contribution >= 4 is 27.9 Å². The fourth-order valence-electron chi connectivity index (χ4n) is 3.68. The van der Waals surface area contributed by atoms with Crippen LogP contribution in [0.3, 0.4) is 0 Å². The van der Waals surface area contributed by atoms with Crippen LogP contribution in [0, 0.1) is 6.92 Å². The minimum Gasteiger partial charge on any atom is -0.464 e. The molecule has 0 aliphatic heterocycles. The molecule has 0 atom stereocenters. The average molecular weight is 375 g/mol. The van der Waals surface area contributed by atoms with Gasteiger partial charge in [-0.05, 0) is 48.2 Å². The molecule has 0 aliphatic rings. The van der Waals surface area contributed by atoms with E-state index in [-0.39, 0.29) is 5.91 Å². The van der Waals surface area contributed by atoms with E-state index in [1.807, 2.05) is 24.3 Å². The Kier molecular flexibility index (Phi) is 4.90. The molecule has 144 valence electrons. The molecule has 5 nitrogen and oxygen atoms in total. The van der Waals surface area contributed by atoms with E-state index in [9.17, 15) is 4.79 Å². The molecule has 0 aliphatic carbocycles. The number of para-hydroxylation sites is 2. The average Bonchev–Trinajstić information content (AvgIpc) is 3.24. The van der Waals surface area contributed by atoms with Crippen molar-refractivity contribution < 1.29 is 9.21 Å². The molecule has 2 heterocycles. The molecule has 0 radical (unpaired) electrons. The summed E-state index contributed by atoms with van der Waals surface area (Å²) in [5.41, 5.74) is 6.25. The third-order valence-electron chi connectivity index (χ3n) is 5.14. The van der Waals surface area contributed by atoms with Gasteiger partial charge in [-0.1, -0.05) is 26.0 Å². The number of nitrogens with zero attached hydrogens (tertiary/aromatic N) is 1. The number of carbonyl (C=O) groups excluding carboxylic acids is 1. The van der Waals surface area contributed by atoms with Gasteiger partial charge in [0.05, 0.1) is 23.7 Å². The van der Waals surface area contributed by atoms with E-state index in [2.05, 4.69) is 48.2 Å². The second kappa shape index (κ2) is 7.50. The van der Waals surface area contributed by atoms with E-state index in [1.54, 1.807) is 6.26 Å². The van der Waals surface area contributed by atoms with Crippen molar-refractivity contribution in [1.29, 1.82) is 0 Å². The van der Waals surface area contributed by atoms with Gasteiger partial charge < -0.3 is 14.7 Å². The molecule has 5 heteroatoms. The smallest absolute Gasteiger partial charge is 0.224 e. The van der Waals surface area contributed by atoms with Crippen LogP contribution in [0.1, 0.15) is 42.3 Å². The Balaban J connectivity index is 1.40. The SMILES string of the molecule is Cc1cc2occ(CC(=O)NCCc3nc4ccccc4[nH]3)c2cc1C(C)C. The summed E-state index contributed by atoms with van der Waals surface area (Å²) >= 11 is 0. The number of furan rings is 1. The molecule has 0 fully saturated rings. The fourth-order valence-corrected chi connectivity index (χ4v) is 3.68. The van der Waals surface area contributed by atoms with E-state index in [0.717, 1.165) is 33.4 Å². The van der Waals surface area contributed by atoms with E-state index >= 15 is 0 Å². The minimum absolute atomic E-state index is 0.00881. The number of rotatable bonds is 6. The van der Waals surface area contributed by atoms with Crippen molar-refractivity contribution in [2.75, 3.05) is 6.54 Å². The molecule has 0 saturated heterocycles. The minimum atomic E-state index is -0.00881. The summed E-state index contributed by atoms with van der Waals surface area (Å²) in [5, 5.41) is 4.02. The predicted molar refractivity (Wildman–Crippen MR) is 112 cm³/mol. The van der Waals surface area contributed by atoms with Crippen molar-refractivity contribution in [3.05, 3.63) is 65.2 Å². The molecule has 0 spiro atoms. The van der Waals surface area contributed by atoms with Crippen LogP contribution in [0.15, 0.2) is 47.1 Å². The van der Waals surface area contributed by atoms with Crippen LogP contribution in [-0.2, 0) is 17.6 Å². The number of hydrogen-bond acceptors (Lipinski definition) is 3. The number of H-pyrrole nitrogens is 1. The maximum absolute atomic E-state index is 12.4. The molecule has 0 unspecified atom stereocenters. The Bertz CT molecular complexity index is 1100. The molecule has 2 aromatic carbocycles. The predicted octanol–water partition coefficient (Wildman–Crippen LogP) is 4.64. The molecule has 4 rings (SSSR count). The zero-order valence-corrected chi connectivity index (χ0v) is 16.5. The van der Waals surface area contributed by atoms with Crippen molar-refractivity contribution in [2.45, 2.75) is 39.5 Å². The lowest BCUT2D eigenvalue weighted by Gasteiger charge is -2.10. The van der Waals surface area contributed by atoms with Crippen LogP contribution in [0.5, 0.6) is 0 Å². The lowest BCUT2D eigenvalue weighted by Crippen LogP contribution is -2.27. The first-order valence-corrected chi connectivity index (χ1v) is 9.72. The van der Waals surface area contributed by atoms with Gasteiger partial charge in [-0.2, -0.15) is 0 Å². The monoisotopic (exact) mass is 375 g/mol. The number of benzene rings is 2. The molecule has 1 amide bonds. The molecule has 2 aromatic heterocycles. The highest BCUT2D eigenvalue weighted by Gasteiger charge is 2.14. The summed E-state index contributed by atoms with van der Waals surface area (Å²) in [5.74, 6) is 1.31. The number of carbonyl (C=O) groups is 1. The van der Waals surface area contributed by atoms with Crippen molar-refractivity contribution in [1.82, 2.24) is 15.3 Å². The Morgan fingerprint density at radius 1 is 1.25 bits per heavy atom. The Morgan fingerprint density at radius 2 is 2.07 bits per heavy atom. The largest absolute Gasteiger partial charge is 0.464 e. The molecule has 0 saturated carbocycles. The van der Waals surface area contributed by atoms with Crippen LogP contribution in [-0.4, -0.2) is 22.4 Å². The number of aryl methyl sites for hydroxylation is 1. The second-order valence-electron chi connectivity index (χ2n) is 7.60. The van der Waals surface area contributed by atoms with Crippen LogP contribution >= 0.6 is 0 Å². The first-order chi connectivity index (χ1) is 13.5. The zero-order chi connectivity index (χ0) is 19.7. The quantitative estimate of drug-likeness (QED) is 0.516. The molecular formula is C23H25N3O2. The van der Waals surface area contributed by atoms with E-state index in [4.69, 9.17) is 4.42 Å². The van der Waals surface area contributed by atoms with Gasteiger partial charge in [0.25, 0.3) is 0 Å². The second-order valence-corrected chi connectivity index (χ2v) is 7.60. The lowest BCUT2D eigenvalue weighted by atomic mass is 9.95. The zero-order valence-electron chi connectivity index (χ0n) is 16.5. The van der Waals surface area contributed by atoms with Gasteiger partial charge in [-0.15, -0.1) is 0 Å². The highest BCUT2D eigenvalue weighted by molar-refractivity contribution is 5.88. The molecule has 2 N–H and O–H groups in total. The number of imidazole rings is 1. The highest BCUT2D eigenvalue weighted by atomic mass is 16.3. The maximum Gasteiger partial charge on any atom is 0.224 e. The summed E-state index contributed by atoms with van der Waals surface area (Å²) < 4.78 is 5.68.